The van der Waals surface area contributed by atoms with Crippen molar-refractivity contribution < 1.29 is 9.90 Å². The highest BCUT2D eigenvalue weighted by atomic mass is 35.5. The van der Waals surface area contributed by atoms with Gasteiger partial charge in [-0.15, -0.1) is 0 Å². The van der Waals surface area contributed by atoms with E-state index in [4.69, 9.17) is 11.6 Å². The first kappa shape index (κ1) is 17.1. The van der Waals surface area contributed by atoms with Gasteiger partial charge >= 0.3 is 0 Å². The minimum Gasteiger partial charge on any atom is -0.393 e. The maximum absolute atomic E-state index is 13.3. The van der Waals surface area contributed by atoms with Gasteiger partial charge in [-0.3, -0.25) is 4.79 Å². The van der Waals surface area contributed by atoms with Crippen LogP contribution in [0.3, 0.4) is 0 Å². The van der Waals surface area contributed by atoms with Gasteiger partial charge in [0.2, 0.25) is 5.91 Å². The summed E-state index contributed by atoms with van der Waals surface area (Å²) >= 11 is 6.33. The lowest BCUT2D eigenvalue weighted by atomic mass is 9.78. The number of halogens is 1. The lowest BCUT2D eigenvalue weighted by Gasteiger charge is -2.41. The zero-order chi connectivity index (χ0) is 17.4. The fourth-order valence-corrected chi connectivity index (χ4v) is 5.11. The van der Waals surface area contributed by atoms with Crippen LogP contribution in [0, 0.1) is 5.41 Å². The van der Waals surface area contributed by atoms with Crippen molar-refractivity contribution in [2.45, 2.75) is 57.1 Å². The summed E-state index contributed by atoms with van der Waals surface area (Å²) in [5.74, 6) is 1.11. The Labute approximate surface area is 154 Å². The molecule has 5 nitrogen and oxygen atoms in total. The van der Waals surface area contributed by atoms with E-state index in [1.165, 1.54) is 0 Å². The van der Waals surface area contributed by atoms with E-state index in [0.717, 1.165) is 63.9 Å². The molecular weight excluding hydrogens is 338 g/mol. The Hall–Kier alpha value is -1.33. The number of aliphatic hydroxyl groups excluding tert-OH is 1. The zero-order valence-corrected chi connectivity index (χ0v) is 15.3. The Balaban J connectivity index is 1.50. The standard InChI is InChI=1S/C19H26ClN3O2/c20-16-3-1-10-21-17(16)22-11-2-8-19(13-22)9-12-23(18(19)25)14-4-6-15(24)7-5-14/h1,3,10,14-15,24H,2,4-9,11-13H2/t14-,15-,19?. The minimum atomic E-state index is -0.283. The first-order chi connectivity index (χ1) is 12.1. The van der Waals surface area contributed by atoms with Crippen molar-refractivity contribution in [3.05, 3.63) is 23.4 Å². The molecule has 4 rings (SSSR count). The first-order valence-corrected chi connectivity index (χ1v) is 9.81. The van der Waals surface area contributed by atoms with Crippen molar-refractivity contribution in [2.24, 2.45) is 5.41 Å². The molecule has 1 spiro atoms. The number of anilines is 1. The van der Waals surface area contributed by atoms with Gasteiger partial charge in [-0.2, -0.15) is 0 Å². The van der Waals surface area contributed by atoms with Gasteiger partial charge in [-0.1, -0.05) is 11.6 Å². The van der Waals surface area contributed by atoms with Crippen LogP contribution < -0.4 is 4.90 Å². The number of rotatable bonds is 2. The normalized spacial score (nSPS) is 33.3. The molecule has 1 aromatic heterocycles. The van der Waals surface area contributed by atoms with Crippen LogP contribution in [0.25, 0.3) is 0 Å². The third-order valence-corrected chi connectivity index (χ3v) is 6.56. The van der Waals surface area contributed by atoms with Crippen LogP contribution in [0.5, 0.6) is 0 Å². The summed E-state index contributed by atoms with van der Waals surface area (Å²) in [4.78, 5) is 22.0. The lowest BCUT2D eigenvalue weighted by Crippen LogP contribution is -2.50. The van der Waals surface area contributed by atoms with Crippen LogP contribution in [0.1, 0.15) is 44.9 Å². The molecule has 0 aromatic carbocycles. The average molecular weight is 364 g/mol. The van der Waals surface area contributed by atoms with Gasteiger partial charge in [0.15, 0.2) is 0 Å². The topological polar surface area (TPSA) is 56.7 Å². The van der Waals surface area contributed by atoms with Crippen molar-refractivity contribution in [1.29, 1.82) is 0 Å². The van der Waals surface area contributed by atoms with Gasteiger partial charge in [0.1, 0.15) is 5.82 Å². The van der Waals surface area contributed by atoms with Crippen LogP contribution in [-0.4, -0.2) is 52.7 Å². The molecule has 3 aliphatic rings. The number of nitrogens with zero attached hydrogens (tertiary/aromatic N) is 3. The first-order valence-electron chi connectivity index (χ1n) is 9.44. The maximum Gasteiger partial charge on any atom is 0.230 e. The fraction of sp³-hybridized carbons (Fsp3) is 0.684. The predicted molar refractivity (Wildman–Crippen MR) is 97.7 cm³/mol. The van der Waals surface area contributed by atoms with Crippen LogP contribution in [0.4, 0.5) is 5.82 Å². The average Bonchev–Trinajstić information content (AvgIpc) is 2.92. The van der Waals surface area contributed by atoms with Gasteiger partial charge in [0.05, 0.1) is 16.5 Å². The van der Waals surface area contributed by atoms with Gasteiger partial charge in [0.25, 0.3) is 0 Å². The third kappa shape index (κ3) is 3.13. The van der Waals surface area contributed by atoms with Gasteiger partial charge in [0, 0.05) is 31.9 Å². The summed E-state index contributed by atoms with van der Waals surface area (Å²) in [6.45, 7) is 2.47. The van der Waals surface area contributed by atoms with Crippen LogP contribution in [0.15, 0.2) is 18.3 Å². The molecule has 1 atom stereocenters. The number of piperidine rings is 1. The second kappa shape index (κ2) is 6.76. The van der Waals surface area contributed by atoms with Crippen LogP contribution in [-0.2, 0) is 4.79 Å². The molecule has 25 heavy (non-hydrogen) atoms. The number of carbonyl (C=O) groups excluding carboxylic acids is 1. The summed E-state index contributed by atoms with van der Waals surface area (Å²) in [5, 5.41) is 10.4. The molecule has 1 N–H and O–H groups in total. The molecule has 1 saturated carbocycles. The van der Waals surface area contributed by atoms with E-state index in [-0.39, 0.29) is 11.5 Å². The SMILES string of the molecule is O=C1N([C@H]2CC[C@H](O)CC2)CCC12CCCN(c1ncccc1Cl)C2. The molecule has 1 amide bonds. The van der Waals surface area contributed by atoms with Gasteiger partial charge < -0.3 is 14.9 Å². The Morgan fingerprint density at radius 3 is 2.76 bits per heavy atom. The van der Waals surface area contributed by atoms with E-state index in [0.29, 0.717) is 23.5 Å². The van der Waals surface area contributed by atoms with E-state index in [1.807, 2.05) is 12.1 Å². The van der Waals surface area contributed by atoms with E-state index >= 15 is 0 Å². The molecule has 1 unspecified atom stereocenters. The summed E-state index contributed by atoms with van der Waals surface area (Å²) in [7, 11) is 0. The Bertz CT molecular complexity index is 647. The monoisotopic (exact) mass is 363 g/mol. The zero-order valence-electron chi connectivity index (χ0n) is 14.5. The quantitative estimate of drug-likeness (QED) is 0.877. The van der Waals surface area contributed by atoms with Crippen molar-refractivity contribution in [3.63, 3.8) is 0 Å². The molecular formula is C19H26ClN3O2. The molecule has 2 aliphatic heterocycles. The number of likely N-dealkylation sites (tertiary alicyclic amines) is 1. The summed E-state index contributed by atoms with van der Waals surface area (Å²) in [6.07, 6.45) is 7.95. The van der Waals surface area contributed by atoms with Crippen molar-refractivity contribution in [1.82, 2.24) is 9.88 Å². The molecule has 136 valence electrons. The van der Waals surface area contributed by atoms with E-state index in [2.05, 4.69) is 14.8 Å². The van der Waals surface area contributed by atoms with E-state index < -0.39 is 0 Å². The lowest BCUT2D eigenvalue weighted by molar-refractivity contribution is -0.139. The molecule has 3 heterocycles. The number of aliphatic hydroxyl groups is 1. The molecule has 0 radical (unpaired) electrons. The van der Waals surface area contributed by atoms with Gasteiger partial charge in [-0.25, -0.2) is 4.98 Å². The maximum atomic E-state index is 13.3. The number of hydrogen-bond acceptors (Lipinski definition) is 4. The summed E-state index contributed by atoms with van der Waals surface area (Å²) in [6, 6.07) is 4.01. The number of hydrogen-bond donors (Lipinski definition) is 1. The Morgan fingerprint density at radius 1 is 1.20 bits per heavy atom. The number of pyridine rings is 1. The summed E-state index contributed by atoms with van der Waals surface area (Å²) < 4.78 is 0. The van der Waals surface area contributed by atoms with Crippen molar-refractivity contribution in [2.75, 3.05) is 24.5 Å². The van der Waals surface area contributed by atoms with Crippen molar-refractivity contribution in [3.8, 4) is 0 Å². The van der Waals surface area contributed by atoms with E-state index in [1.54, 1.807) is 6.20 Å². The molecule has 1 aromatic rings. The highest BCUT2D eigenvalue weighted by molar-refractivity contribution is 6.32. The molecule has 1 aliphatic carbocycles. The summed E-state index contributed by atoms with van der Waals surface area (Å²) in [5.41, 5.74) is -0.283. The smallest absolute Gasteiger partial charge is 0.230 e. The molecule has 3 fully saturated rings. The number of aromatic nitrogens is 1. The highest BCUT2D eigenvalue weighted by Gasteiger charge is 2.50. The molecule has 2 saturated heterocycles. The van der Waals surface area contributed by atoms with Crippen molar-refractivity contribution >= 4 is 23.3 Å². The predicted octanol–water partition coefficient (Wildman–Crippen LogP) is 2.86. The van der Waals surface area contributed by atoms with E-state index in [9.17, 15) is 9.90 Å². The second-order valence-electron chi connectivity index (χ2n) is 7.83. The third-order valence-electron chi connectivity index (χ3n) is 6.27. The number of carbonyl (C=O) groups is 1. The number of amides is 1. The molecule has 0 bridgehead atoms. The minimum absolute atomic E-state index is 0.181. The fourth-order valence-electron chi connectivity index (χ4n) is 4.87. The van der Waals surface area contributed by atoms with Crippen LogP contribution >= 0.6 is 11.6 Å². The largest absolute Gasteiger partial charge is 0.393 e. The highest BCUT2D eigenvalue weighted by Crippen LogP contribution is 2.43. The van der Waals surface area contributed by atoms with Crippen LogP contribution in [0.2, 0.25) is 5.02 Å². The Morgan fingerprint density at radius 2 is 2.00 bits per heavy atom. The molecule has 6 heteroatoms. The Kier molecular flexibility index (Phi) is 4.63. The van der Waals surface area contributed by atoms with Gasteiger partial charge in [-0.05, 0) is 57.1 Å². The second-order valence-corrected chi connectivity index (χ2v) is 8.23.